The predicted octanol–water partition coefficient (Wildman–Crippen LogP) is 3.81. The number of halogens is 2. The third-order valence-electron chi connectivity index (χ3n) is 4.28. The molecule has 0 aliphatic carbocycles. The van der Waals surface area contributed by atoms with Gasteiger partial charge in [0.25, 0.3) is 0 Å². The molecule has 2 heterocycles. The number of aliphatic hydroxyl groups is 1. The molecular formula is C19H20Cl2N4O2. The Morgan fingerprint density at radius 1 is 1.15 bits per heavy atom. The Morgan fingerprint density at radius 3 is 2.41 bits per heavy atom. The molecular weight excluding hydrogens is 387 g/mol. The van der Waals surface area contributed by atoms with Gasteiger partial charge in [-0.15, -0.1) is 5.10 Å². The van der Waals surface area contributed by atoms with Gasteiger partial charge in [-0.1, -0.05) is 44.0 Å². The molecule has 142 valence electrons. The van der Waals surface area contributed by atoms with E-state index in [1.54, 1.807) is 36.5 Å². The summed E-state index contributed by atoms with van der Waals surface area (Å²) in [5, 5.41) is 15.8. The summed E-state index contributed by atoms with van der Waals surface area (Å²) < 4.78 is 2.71. The Labute approximate surface area is 167 Å². The highest BCUT2D eigenvalue weighted by molar-refractivity contribution is 6.33. The van der Waals surface area contributed by atoms with Gasteiger partial charge in [0, 0.05) is 23.0 Å². The Balaban J connectivity index is 2.19. The molecule has 0 aliphatic heterocycles. The van der Waals surface area contributed by atoms with Gasteiger partial charge in [-0.3, -0.25) is 4.98 Å². The summed E-state index contributed by atoms with van der Waals surface area (Å²) in [7, 11) is 0. The predicted molar refractivity (Wildman–Crippen MR) is 107 cm³/mol. The summed E-state index contributed by atoms with van der Waals surface area (Å²) in [6, 6.07) is 8.55. The Hall–Kier alpha value is -2.15. The van der Waals surface area contributed by atoms with Crippen LogP contribution < -0.4 is 5.69 Å². The summed E-state index contributed by atoms with van der Waals surface area (Å²) >= 11 is 12.3. The van der Waals surface area contributed by atoms with Gasteiger partial charge in [-0.05, 0) is 35.7 Å². The zero-order valence-electron chi connectivity index (χ0n) is 15.2. The zero-order valence-corrected chi connectivity index (χ0v) is 16.7. The molecule has 0 radical (unpaired) electrons. The summed E-state index contributed by atoms with van der Waals surface area (Å²) in [5.41, 5.74) is 0.410. The molecule has 0 saturated carbocycles. The number of aliphatic hydroxyl groups excluding tert-OH is 1. The van der Waals surface area contributed by atoms with E-state index in [2.05, 4.69) is 10.1 Å². The summed E-state index contributed by atoms with van der Waals surface area (Å²) in [6.07, 6.45) is 2.34. The molecule has 8 heteroatoms. The first-order valence-corrected chi connectivity index (χ1v) is 9.18. The highest BCUT2D eigenvalue weighted by atomic mass is 35.5. The van der Waals surface area contributed by atoms with E-state index >= 15 is 0 Å². The highest BCUT2D eigenvalue weighted by Crippen LogP contribution is 2.27. The molecule has 0 amide bonds. The van der Waals surface area contributed by atoms with E-state index < -0.39 is 11.5 Å². The minimum absolute atomic E-state index is 0.0681. The van der Waals surface area contributed by atoms with E-state index in [1.165, 1.54) is 15.4 Å². The molecule has 1 aromatic carbocycles. The molecule has 0 spiro atoms. The lowest BCUT2D eigenvalue weighted by molar-refractivity contribution is 0.0441. The molecule has 0 bridgehead atoms. The SMILES string of the molecule is CC(C)(C)C(O)Cn1nc(-c2ccncc2Cl)n(-c2ccc(Cl)cc2)c1=O. The van der Waals surface area contributed by atoms with Crippen molar-refractivity contribution in [3.8, 4) is 17.1 Å². The fourth-order valence-corrected chi connectivity index (χ4v) is 2.85. The topological polar surface area (TPSA) is 72.9 Å². The van der Waals surface area contributed by atoms with Crippen molar-refractivity contribution in [3.05, 3.63) is 63.3 Å². The molecule has 1 unspecified atom stereocenters. The number of hydrogen-bond donors (Lipinski definition) is 1. The normalized spacial score (nSPS) is 13.0. The van der Waals surface area contributed by atoms with E-state index in [9.17, 15) is 9.90 Å². The molecule has 0 saturated heterocycles. The van der Waals surface area contributed by atoms with Gasteiger partial charge in [-0.2, -0.15) is 0 Å². The largest absolute Gasteiger partial charge is 0.391 e. The van der Waals surface area contributed by atoms with E-state index in [4.69, 9.17) is 23.2 Å². The van der Waals surface area contributed by atoms with Gasteiger partial charge in [0.05, 0.1) is 23.4 Å². The van der Waals surface area contributed by atoms with Crippen LogP contribution in [0.25, 0.3) is 17.1 Å². The monoisotopic (exact) mass is 406 g/mol. The van der Waals surface area contributed by atoms with Crippen molar-refractivity contribution in [2.75, 3.05) is 0 Å². The molecule has 3 rings (SSSR count). The summed E-state index contributed by atoms with van der Waals surface area (Å²) in [4.78, 5) is 17.1. The van der Waals surface area contributed by atoms with Gasteiger partial charge in [0.1, 0.15) is 0 Å². The van der Waals surface area contributed by atoms with E-state index in [0.717, 1.165) is 0 Å². The molecule has 0 aliphatic rings. The summed E-state index contributed by atoms with van der Waals surface area (Å²) in [5.74, 6) is 0.371. The molecule has 1 N–H and O–H groups in total. The number of pyridine rings is 1. The van der Waals surface area contributed by atoms with Crippen LogP contribution >= 0.6 is 23.2 Å². The van der Waals surface area contributed by atoms with Crippen molar-refractivity contribution in [2.24, 2.45) is 5.41 Å². The van der Waals surface area contributed by atoms with Crippen molar-refractivity contribution in [1.82, 2.24) is 19.3 Å². The molecule has 2 aromatic heterocycles. The Bertz CT molecular complexity index is 1000. The average Bonchev–Trinajstić information content (AvgIpc) is 2.92. The fraction of sp³-hybridized carbons (Fsp3) is 0.316. The average molecular weight is 407 g/mol. The van der Waals surface area contributed by atoms with Crippen molar-refractivity contribution in [2.45, 2.75) is 33.4 Å². The lowest BCUT2D eigenvalue weighted by atomic mass is 9.89. The van der Waals surface area contributed by atoms with E-state index in [1.807, 2.05) is 20.8 Å². The molecule has 1 atom stereocenters. The van der Waals surface area contributed by atoms with Crippen LogP contribution in [0.2, 0.25) is 10.0 Å². The van der Waals surface area contributed by atoms with Crippen LogP contribution in [0.3, 0.4) is 0 Å². The van der Waals surface area contributed by atoms with Crippen LogP contribution in [0.5, 0.6) is 0 Å². The maximum Gasteiger partial charge on any atom is 0.350 e. The van der Waals surface area contributed by atoms with Crippen LogP contribution in [0.15, 0.2) is 47.5 Å². The molecule has 3 aromatic rings. The van der Waals surface area contributed by atoms with Crippen molar-refractivity contribution in [3.63, 3.8) is 0 Å². The minimum Gasteiger partial charge on any atom is -0.391 e. The molecule has 0 fully saturated rings. The maximum atomic E-state index is 13.1. The van der Waals surface area contributed by atoms with Gasteiger partial charge in [0.2, 0.25) is 0 Å². The first-order valence-electron chi connectivity index (χ1n) is 8.42. The van der Waals surface area contributed by atoms with Gasteiger partial charge in [0.15, 0.2) is 5.82 Å². The number of nitrogens with zero attached hydrogens (tertiary/aromatic N) is 4. The first kappa shape index (κ1) is 19.6. The molecule has 6 nitrogen and oxygen atoms in total. The van der Waals surface area contributed by atoms with Crippen LogP contribution in [-0.2, 0) is 6.54 Å². The number of benzene rings is 1. The van der Waals surface area contributed by atoms with Crippen LogP contribution in [0, 0.1) is 5.41 Å². The Kier molecular flexibility index (Phi) is 5.42. The second kappa shape index (κ2) is 7.46. The summed E-state index contributed by atoms with van der Waals surface area (Å²) in [6.45, 7) is 5.78. The van der Waals surface area contributed by atoms with E-state index in [-0.39, 0.29) is 12.2 Å². The minimum atomic E-state index is -0.746. The lowest BCUT2D eigenvalue weighted by Gasteiger charge is -2.25. The maximum absolute atomic E-state index is 13.1. The van der Waals surface area contributed by atoms with Gasteiger partial charge >= 0.3 is 5.69 Å². The van der Waals surface area contributed by atoms with Gasteiger partial charge < -0.3 is 5.11 Å². The van der Waals surface area contributed by atoms with Crippen LogP contribution in [-0.4, -0.2) is 30.5 Å². The van der Waals surface area contributed by atoms with Crippen molar-refractivity contribution < 1.29 is 5.11 Å². The van der Waals surface area contributed by atoms with Crippen molar-refractivity contribution in [1.29, 1.82) is 0 Å². The number of hydrogen-bond acceptors (Lipinski definition) is 4. The third kappa shape index (κ3) is 4.08. The zero-order chi connectivity index (χ0) is 19.8. The molecule has 27 heavy (non-hydrogen) atoms. The number of aromatic nitrogens is 4. The second-order valence-electron chi connectivity index (χ2n) is 7.34. The fourth-order valence-electron chi connectivity index (χ4n) is 2.52. The van der Waals surface area contributed by atoms with Crippen molar-refractivity contribution >= 4 is 23.2 Å². The van der Waals surface area contributed by atoms with Crippen LogP contribution in [0.4, 0.5) is 0 Å². The number of rotatable bonds is 4. The Morgan fingerprint density at radius 2 is 1.81 bits per heavy atom. The second-order valence-corrected chi connectivity index (χ2v) is 8.18. The quantitative estimate of drug-likeness (QED) is 0.714. The standard InChI is InChI=1S/C19H20Cl2N4O2/c1-19(2,3)16(26)11-24-18(27)25(13-6-4-12(20)5-7-13)17(23-24)14-8-9-22-10-15(14)21/h4-10,16,26H,11H2,1-3H3. The van der Waals surface area contributed by atoms with E-state index in [0.29, 0.717) is 27.1 Å². The van der Waals surface area contributed by atoms with Gasteiger partial charge in [-0.25, -0.2) is 14.0 Å². The third-order valence-corrected chi connectivity index (χ3v) is 4.84. The first-order chi connectivity index (χ1) is 12.7. The lowest BCUT2D eigenvalue weighted by Crippen LogP contribution is -2.35. The van der Waals surface area contributed by atoms with Crippen LogP contribution in [0.1, 0.15) is 20.8 Å². The highest BCUT2D eigenvalue weighted by Gasteiger charge is 2.26. The smallest absolute Gasteiger partial charge is 0.350 e.